The van der Waals surface area contributed by atoms with Crippen LogP contribution in [0.2, 0.25) is 0 Å². The third kappa shape index (κ3) is 3.01. The number of hydrogen-bond donors (Lipinski definition) is 3. The first-order chi connectivity index (χ1) is 16.4. The summed E-state index contributed by atoms with van der Waals surface area (Å²) >= 11 is 5.88. The topological polar surface area (TPSA) is 141 Å². The average molecular weight is 501 g/mol. The number of Topliss-reactive ketones (excluding diaryl/α,β-unsaturated/α-hetero) is 3. The molecule has 35 heavy (non-hydrogen) atoms. The van der Waals surface area contributed by atoms with Crippen molar-refractivity contribution in [3.05, 3.63) is 45.6 Å². The molecule has 2 aromatic rings. The molecule has 0 amide bonds. The van der Waals surface area contributed by atoms with Crippen LogP contribution in [0.4, 0.5) is 0 Å². The lowest BCUT2D eigenvalue weighted by Gasteiger charge is -2.50. The molecule has 1 fully saturated rings. The van der Waals surface area contributed by atoms with E-state index in [9.17, 15) is 29.7 Å². The lowest BCUT2D eigenvalue weighted by molar-refractivity contribution is -0.153. The number of alkyl halides is 1. The summed E-state index contributed by atoms with van der Waals surface area (Å²) in [5, 5.41) is 34.1. The van der Waals surface area contributed by atoms with Crippen molar-refractivity contribution in [2.75, 3.05) is 14.1 Å². The Morgan fingerprint density at radius 2 is 2.00 bits per heavy atom. The second-order valence-corrected chi connectivity index (χ2v) is 10.1. The largest absolute Gasteiger partial charge is 0.508 e. The average Bonchev–Trinajstić information content (AvgIpc) is 3.18. The molecular weight excluding hydrogens is 476 g/mol. The van der Waals surface area contributed by atoms with Gasteiger partial charge in [0.2, 0.25) is 11.7 Å². The zero-order valence-electron chi connectivity index (χ0n) is 19.7. The van der Waals surface area contributed by atoms with E-state index in [0.717, 1.165) is 18.1 Å². The number of carbonyl (C=O) groups is 3. The molecule has 1 aromatic carbocycles. The number of nitrogens with zero attached hydrogens (tertiary/aromatic N) is 2. The highest BCUT2D eigenvalue weighted by atomic mass is 35.5. The minimum Gasteiger partial charge on any atom is -0.508 e. The Hall–Kier alpha value is -3.01. The number of fused-ring (bicyclic) bond motifs is 5. The Kier molecular flexibility index (Phi) is 5.25. The Morgan fingerprint density at radius 3 is 2.60 bits per heavy atom. The number of halogens is 1. The van der Waals surface area contributed by atoms with Gasteiger partial charge in [-0.3, -0.25) is 19.3 Å². The minimum absolute atomic E-state index is 0.0231. The maximum atomic E-state index is 13.9. The van der Waals surface area contributed by atoms with Crippen molar-refractivity contribution >= 4 is 45.8 Å². The van der Waals surface area contributed by atoms with E-state index < -0.39 is 52.2 Å². The van der Waals surface area contributed by atoms with E-state index in [4.69, 9.17) is 16.0 Å². The van der Waals surface area contributed by atoms with Gasteiger partial charge in [-0.2, -0.15) is 0 Å². The highest BCUT2D eigenvalue weighted by molar-refractivity contribution is 6.25. The van der Waals surface area contributed by atoms with Crippen LogP contribution in [0.1, 0.15) is 35.9 Å². The van der Waals surface area contributed by atoms with E-state index in [1.54, 1.807) is 19.0 Å². The second-order valence-electron chi connectivity index (χ2n) is 9.79. The summed E-state index contributed by atoms with van der Waals surface area (Å²) in [7, 11) is 3.23. The first-order valence-electron chi connectivity index (χ1n) is 11.3. The maximum absolute atomic E-state index is 13.9. The summed E-state index contributed by atoms with van der Waals surface area (Å²) in [5.41, 5.74) is -0.526. The van der Waals surface area contributed by atoms with Gasteiger partial charge in [0.15, 0.2) is 22.8 Å². The van der Waals surface area contributed by atoms with Crippen molar-refractivity contribution in [3.63, 3.8) is 0 Å². The molecule has 184 valence electrons. The number of carbonyl (C=O) groups excluding carboxylic acids is 3. The molecule has 10 heteroatoms. The fourth-order valence-electron chi connectivity index (χ4n) is 6.09. The summed E-state index contributed by atoms with van der Waals surface area (Å²) < 4.78 is 5.75. The van der Waals surface area contributed by atoms with E-state index in [1.807, 2.05) is 13.0 Å². The van der Waals surface area contributed by atoms with Gasteiger partial charge in [-0.25, -0.2) is 4.98 Å². The molecule has 1 saturated carbocycles. The van der Waals surface area contributed by atoms with Gasteiger partial charge in [0, 0.05) is 11.5 Å². The number of aliphatic hydroxyl groups excluding tert-OH is 2. The van der Waals surface area contributed by atoms with Crippen LogP contribution in [0.15, 0.2) is 27.4 Å². The number of hydrogen-bond acceptors (Lipinski definition) is 9. The summed E-state index contributed by atoms with van der Waals surface area (Å²) in [5.74, 6) is -4.88. The Morgan fingerprint density at radius 1 is 1.31 bits per heavy atom. The second kappa shape index (κ2) is 7.74. The molecule has 0 unspecified atom stereocenters. The van der Waals surface area contributed by atoms with Crippen LogP contribution < -0.4 is 0 Å². The van der Waals surface area contributed by atoms with Gasteiger partial charge in [0.1, 0.15) is 22.6 Å². The van der Waals surface area contributed by atoms with Crippen LogP contribution in [0.5, 0.6) is 0 Å². The van der Waals surface area contributed by atoms with Crippen molar-refractivity contribution < 1.29 is 34.1 Å². The molecule has 1 aromatic heterocycles. The van der Waals surface area contributed by atoms with Gasteiger partial charge in [-0.15, -0.1) is 11.6 Å². The molecule has 0 aliphatic heterocycles. The van der Waals surface area contributed by atoms with Crippen LogP contribution in [0.25, 0.3) is 16.9 Å². The molecule has 3 N–H and O–H groups in total. The molecule has 0 bridgehead atoms. The van der Waals surface area contributed by atoms with Crippen molar-refractivity contribution in [1.82, 2.24) is 9.88 Å². The number of likely N-dealkylation sites (N-methyl/N-ethyl adjacent to an activating group) is 1. The van der Waals surface area contributed by atoms with Crippen LogP contribution in [-0.4, -0.2) is 68.3 Å². The molecule has 5 rings (SSSR count). The molecule has 3 aliphatic carbocycles. The van der Waals surface area contributed by atoms with Crippen LogP contribution in [0.3, 0.4) is 0 Å². The quantitative estimate of drug-likeness (QED) is 0.428. The number of aryl methyl sites for hydroxylation is 1. The van der Waals surface area contributed by atoms with Gasteiger partial charge in [0.25, 0.3) is 0 Å². The third-order valence-electron chi connectivity index (χ3n) is 7.59. The molecule has 9 nitrogen and oxygen atoms in total. The lowest BCUT2D eigenvalue weighted by atomic mass is 9.57. The summed E-state index contributed by atoms with van der Waals surface area (Å²) in [4.78, 5) is 45.2. The Balaban J connectivity index is 1.78. The zero-order chi connectivity index (χ0) is 25.6. The lowest BCUT2D eigenvalue weighted by Crippen LogP contribution is -2.65. The normalized spacial score (nSPS) is 28.5. The summed E-state index contributed by atoms with van der Waals surface area (Å²) in [6.45, 7) is 2.97. The fourth-order valence-corrected chi connectivity index (χ4v) is 6.20. The number of ketones is 3. The highest BCUT2D eigenvalue weighted by Gasteiger charge is 2.64. The van der Waals surface area contributed by atoms with Gasteiger partial charge in [-0.05, 0) is 63.9 Å². The van der Waals surface area contributed by atoms with Crippen LogP contribution in [0, 0.1) is 18.8 Å². The molecule has 0 saturated heterocycles. The van der Waals surface area contributed by atoms with Crippen LogP contribution >= 0.6 is 11.6 Å². The number of benzene rings is 1. The van der Waals surface area contributed by atoms with E-state index >= 15 is 0 Å². The first kappa shape index (κ1) is 23.7. The van der Waals surface area contributed by atoms with E-state index in [0.29, 0.717) is 17.5 Å². The van der Waals surface area contributed by atoms with Gasteiger partial charge in [-0.1, -0.05) is 0 Å². The molecule has 1 heterocycles. The predicted octanol–water partition coefficient (Wildman–Crippen LogP) is 2.55. The van der Waals surface area contributed by atoms with Crippen LogP contribution in [-0.2, 0) is 26.7 Å². The summed E-state index contributed by atoms with van der Waals surface area (Å²) in [6.07, 6.45) is 0.482. The fraction of sp³-hybridized carbons (Fsp3) is 0.440. The number of aromatic nitrogens is 1. The molecule has 0 radical (unpaired) electrons. The minimum atomic E-state index is -2.53. The predicted molar refractivity (Wildman–Crippen MR) is 126 cm³/mol. The molecule has 0 spiro atoms. The smallest absolute Gasteiger partial charge is 0.210 e. The van der Waals surface area contributed by atoms with E-state index in [1.165, 1.54) is 0 Å². The van der Waals surface area contributed by atoms with E-state index in [2.05, 4.69) is 4.98 Å². The van der Waals surface area contributed by atoms with Gasteiger partial charge < -0.3 is 19.7 Å². The Bertz CT molecular complexity index is 1400. The zero-order valence-corrected chi connectivity index (χ0v) is 20.4. The standard InChI is InChI=1S/C25H25ClN2O7/c1-9-5-14-22(35-15(8-26)27-14)18-12(9)6-11-7-13-19(28(3)4)21(31)16(10(2)29)23(32)25(13,34)24(33)17(11)20(18)30/h5,11,13,19,30,32,34H,6-8H2,1-4H3/t11-,13-,19-,25+/m0/s1. The number of rotatable bonds is 3. The van der Waals surface area contributed by atoms with Crippen molar-refractivity contribution in [2.45, 2.75) is 44.2 Å². The monoisotopic (exact) mass is 500 g/mol. The van der Waals surface area contributed by atoms with Crippen molar-refractivity contribution in [3.8, 4) is 0 Å². The highest BCUT2D eigenvalue weighted by Crippen LogP contribution is 2.52. The SMILES string of the molecule is CC(=O)C1=C(O)[C@@]2(O)C(=O)C3=C(O)c4c(c(C)cc5nc(CCl)oc45)C[C@H]3C[C@H]2[C@H](N(C)C)C1=O. The van der Waals surface area contributed by atoms with Gasteiger partial charge >= 0.3 is 0 Å². The maximum Gasteiger partial charge on any atom is 0.210 e. The number of oxazole rings is 1. The van der Waals surface area contributed by atoms with Crippen molar-refractivity contribution in [2.24, 2.45) is 11.8 Å². The first-order valence-corrected chi connectivity index (χ1v) is 11.8. The van der Waals surface area contributed by atoms with Crippen molar-refractivity contribution in [1.29, 1.82) is 0 Å². The van der Waals surface area contributed by atoms with Gasteiger partial charge in [0.05, 0.1) is 17.5 Å². The van der Waals surface area contributed by atoms with E-state index in [-0.39, 0.29) is 35.1 Å². The molecule has 4 atom stereocenters. The number of aliphatic hydroxyl groups is 3. The summed E-state index contributed by atoms with van der Waals surface area (Å²) in [6, 6.07) is 0.820. The third-order valence-corrected chi connectivity index (χ3v) is 7.82. The molecule has 3 aliphatic rings. The molecular formula is C25H25ClN2O7. The Labute approximate surface area is 205 Å².